The lowest BCUT2D eigenvalue weighted by Gasteiger charge is -2.25. The zero-order valence-corrected chi connectivity index (χ0v) is 20.8. The van der Waals surface area contributed by atoms with Gasteiger partial charge in [0, 0.05) is 11.3 Å². The SMILES string of the molecule is FC(F)(F)c1cc(NC(c2cccc(-c3ccccc3)n2)c2ccccc2-c2ccccc2)cc(C(F)(F)F)c1. The minimum absolute atomic E-state index is 0.117. The van der Waals surface area contributed by atoms with Gasteiger partial charge in [0.1, 0.15) is 0 Å². The molecule has 1 atom stereocenters. The number of hydrogen-bond donors (Lipinski definition) is 1. The highest BCUT2D eigenvalue weighted by Crippen LogP contribution is 2.40. The normalized spacial score (nSPS) is 12.7. The molecule has 5 rings (SSSR count). The number of pyridine rings is 1. The first-order valence-corrected chi connectivity index (χ1v) is 12.3. The number of rotatable bonds is 6. The Labute approximate surface area is 227 Å². The van der Waals surface area contributed by atoms with Gasteiger partial charge >= 0.3 is 12.4 Å². The van der Waals surface area contributed by atoms with Crippen molar-refractivity contribution in [1.29, 1.82) is 0 Å². The van der Waals surface area contributed by atoms with Crippen LogP contribution in [0, 0.1) is 0 Å². The average molecular weight is 549 g/mol. The van der Waals surface area contributed by atoms with E-state index in [0.29, 0.717) is 29.1 Å². The molecule has 1 aromatic heterocycles. The predicted octanol–water partition coefficient (Wildman–Crippen LogP) is 9.65. The highest BCUT2D eigenvalue weighted by atomic mass is 19.4. The fraction of sp³-hybridized carbons (Fsp3) is 0.0938. The van der Waals surface area contributed by atoms with E-state index in [4.69, 9.17) is 4.98 Å². The molecule has 0 saturated carbocycles. The van der Waals surface area contributed by atoms with Crippen molar-refractivity contribution >= 4 is 5.69 Å². The van der Waals surface area contributed by atoms with Crippen molar-refractivity contribution in [1.82, 2.24) is 4.98 Å². The van der Waals surface area contributed by atoms with Gasteiger partial charge in [0.25, 0.3) is 0 Å². The van der Waals surface area contributed by atoms with Gasteiger partial charge in [0.2, 0.25) is 0 Å². The van der Waals surface area contributed by atoms with Crippen LogP contribution in [0.2, 0.25) is 0 Å². The first-order valence-electron chi connectivity index (χ1n) is 12.3. The van der Waals surface area contributed by atoms with Crippen LogP contribution in [0.5, 0.6) is 0 Å². The van der Waals surface area contributed by atoms with Gasteiger partial charge in [0.15, 0.2) is 0 Å². The quantitative estimate of drug-likeness (QED) is 0.214. The van der Waals surface area contributed by atoms with Crippen molar-refractivity contribution < 1.29 is 26.3 Å². The zero-order valence-electron chi connectivity index (χ0n) is 20.8. The van der Waals surface area contributed by atoms with Crippen molar-refractivity contribution in [2.75, 3.05) is 5.32 Å². The van der Waals surface area contributed by atoms with Gasteiger partial charge in [-0.3, -0.25) is 4.98 Å². The van der Waals surface area contributed by atoms with E-state index >= 15 is 0 Å². The molecule has 8 heteroatoms. The second-order valence-electron chi connectivity index (χ2n) is 9.14. The maximum absolute atomic E-state index is 13.6. The Morgan fingerprint density at radius 3 is 1.70 bits per heavy atom. The van der Waals surface area contributed by atoms with Crippen molar-refractivity contribution in [2.45, 2.75) is 18.4 Å². The monoisotopic (exact) mass is 548 g/mol. The van der Waals surface area contributed by atoms with E-state index in [1.54, 1.807) is 30.3 Å². The van der Waals surface area contributed by atoms with Crippen molar-refractivity contribution in [2.24, 2.45) is 0 Å². The van der Waals surface area contributed by atoms with E-state index in [1.165, 1.54) is 0 Å². The van der Waals surface area contributed by atoms with E-state index in [-0.39, 0.29) is 11.8 Å². The maximum Gasteiger partial charge on any atom is 0.416 e. The van der Waals surface area contributed by atoms with Gasteiger partial charge in [-0.15, -0.1) is 0 Å². The summed E-state index contributed by atoms with van der Waals surface area (Å²) in [6, 6.07) is 31.7. The summed E-state index contributed by atoms with van der Waals surface area (Å²) < 4.78 is 81.8. The molecule has 0 amide bonds. The number of aromatic nitrogens is 1. The number of benzene rings is 4. The van der Waals surface area contributed by atoms with Gasteiger partial charge in [-0.05, 0) is 47.0 Å². The first-order chi connectivity index (χ1) is 19.1. The molecule has 0 bridgehead atoms. The lowest BCUT2D eigenvalue weighted by atomic mass is 9.92. The molecule has 0 spiro atoms. The topological polar surface area (TPSA) is 24.9 Å². The van der Waals surface area contributed by atoms with Crippen LogP contribution >= 0.6 is 0 Å². The van der Waals surface area contributed by atoms with Gasteiger partial charge in [-0.1, -0.05) is 91.0 Å². The molecule has 40 heavy (non-hydrogen) atoms. The van der Waals surface area contributed by atoms with Crippen molar-refractivity contribution in [3.05, 3.63) is 144 Å². The third-order valence-corrected chi connectivity index (χ3v) is 6.39. The number of hydrogen-bond acceptors (Lipinski definition) is 2. The van der Waals surface area contributed by atoms with Crippen LogP contribution in [0.3, 0.4) is 0 Å². The summed E-state index contributed by atoms with van der Waals surface area (Å²) in [7, 11) is 0. The smallest absolute Gasteiger partial charge is 0.373 e. The number of nitrogens with zero attached hydrogens (tertiary/aromatic N) is 1. The van der Waals surface area contributed by atoms with E-state index in [0.717, 1.165) is 16.7 Å². The van der Waals surface area contributed by atoms with E-state index in [9.17, 15) is 26.3 Å². The fourth-order valence-corrected chi connectivity index (χ4v) is 4.53. The van der Waals surface area contributed by atoms with Crippen LogP contribution in [0.1, 0.15) is 28.4 Å². The number of halogens is 6. The third-order valence-electron chi connectivity index (χ3n) is 6.39. The summed E-state index contributed by atoms with van der Waals surface area (Å²) in [5.74, 6) is 0. The summed E-state index contributed by atoms with van der Waals surface area (Å²) in [5.41, 5.74) is 0.964. The molecule has 0 aliphatic rings. The van der Waals surface area contributed by atoms with Crippen LogP contribution in [-0.2, 0) is 12.4 Å². The number of nitrogens with one attached hydrogen (secondary N) is 1. The number of alkyl halides is 6. The highest BCUT2D eigenvalue weighted by Gasteiger charge is 2.37. The minimum atomic E-state index is -4.97. The molecule has 0 aliphatic heterocycles. The summed E-state index contributed by atoms with van der Waals surface area (Å²) >= 11 is 0. The van der Waals surface area contributed by atoms with Crippen molar-refractivity contribution in [3.63, 3.8) is 0 Å². The second kappa shape index (κ2) is 10.9. The van der Waals surface area contributed by atoms with Gasteiger partial charge in [-0.2, -0.15) is 26.3 Å². The largest absolute Gasteiger partial charge is 0.416 e. The summed E-state index contributed by atoms with van der Waals surface area (Å²) in [4.78, 5) is 4.79. The molecule has 0 saturated heterocycles. The molecular weight excluding hydrogens is 526 g/mol. The molecule has 4 aromatic carbocycles. The maximum atomic E-state index is 13.6. The average Bonchev–Trinajstić information content (AvgIpc) is 2.96. The van der Waals surface area contributed by atoms with Crippen LogP contribution < -0.4 is 5.32 Å². The van der Waals surface area contributed by atoms with E-state index in [1.807, 2.05) is 72.8 Å². The molecule has 0 fully saturated rings. The Hall–Kier alpha value is -4.59. The highest BCUT2D eigenvalue weighted by molar-refractivity contribution is 5.70. The van der Waals surface area contributed by atoms with Crippen LogP contribution in [0.25, 0.3) is 22.4 Å². The molecule has 1 unspecified atom stereocenters. The molecule has 2 nitrogen and oxygen atoms in total. The van der Waals surface area contributed by atoms with E-state index < -0.39 is 29.5 Å². The zero-order chi connectivity index (χ0) is 28.3. The first kappa shape index (κ1) is 27.0. The summed E-state index contributed by atoms with van der Waals surface area (Å²) in [5, 5.41) is 2.96. The molecule has 0 aliphatic carbocycles. The Bertz CT molecular complexity index is 1560. The molecular formula is C32H22F6N2. The van der Waals surface area contributed by atoms with Crippen LogP contribution in [0.15, 0.2) is 121 Å². The lowest BCUT2D eigenvalue weighted by Crippen LogP contribution is -2.17. The summed E-state index contributed by atoms with van der Waals surface area (Å²) in [6.07, 6.45) is -9.94. The minimum Gasteiger partial charge on any atom is -0.373 e. The molecule has 5 aromatic rings. The standard InChI is InChI=1S/C32H22F6N2/c33-31(34,35)23-18-24(32(36,37)38)20-25(19-23)39-30(27-15-8-7-14-26(27)21-10-3-1-4-11-21)29-17-9-16-28(40-29)22-12-5-2-6-13-22/h1-20,30,39H. The van der Waals surface area contributed by atoms with Crippen molar-refractivity contribution in [3.8, 4) is 22.4 Å². The Kier molecular flexibility index (Phi) is 7.34. The van der Waals surface area contributed by atoms with Gasteiger partial charge in [0.05, 0.1) is 28.6 Å². The molecule has 1 N–H and O–H groups in total. The fourth-order valence-electron chi connectivity index (χ4n) is 4.53. The molecule has 1 heterocycles. The lowest BCUT2D eigenvalue weighted by molar-refractivity contribution is -0.143. The second-order valence-corrected chi connectivity index (χ2v) is 9.14. The number of anilines is 1. The Balaban J connectivity index is 1.69. The van der Waals surface area contributed by atoms with Crippen LogP contribution in [-0.4, -0.2) is 4.98 Å². The molecule has 202 valence electrons. The van der Waals surface area contributed by atoms with Crippen LogP contribution in [0.4, 0.5) is 32.0 Å². The van der Waals surface area contributed by atoms with E-state index in [2.05, 4.69) is 5.32 Å². The third kappa shape index (κ3) is 6.01. The molecule has 0 radical (unpaired) electrons. The van der Waals surface area contributed by atoms with Gasteiger partial charge < -0.3 is 5.32 Å². The Morgan fingerprint density at radius 1 is 0.550 bits per heavy atom. The predicted molar refractivity (Wildman–Crippen MR) is 143 cm³/mol. The summed E-state index contributed by atoms with van der Waals surface area (Å²) in [6.45, 7) is 0. The Morgan fingerprint density at radius 2 is 1.10 bits per heavy atom. The van der Waals surface area contributed by atoms with Gasteiger partial charge in [-0.25, -0.2) is 0 Å².